The van der Waals surface area contributed by atoms with Gasteiger partial charge in [0.2, 0.25) is 0 Å². The third-order valence-electron chi connectivity index (χ3n) is 11.5. The maximum absolute atomic E-state index is 13.8. The second kappa shape index (κ2) is 34.5. The van der Waals surface area contributed by atoms with Gasteiger partial charge in [0.05, 0.1) is 6.61 Å². The number of ether oxygens (including phenoxy) is 2. The summed E-state index contributed by atoms with van der Waals surface area (Å²) in [5, 5.41) is 37.8. The van der Waals surface area contributed by atoms with Crippen molar-refractivity contribution in [1.29, 1.82) is 0 Å². The number of nitrogens with zero attached hydrogens (tertiary/aromatic N) is 1. The second-order valence-corrected chi connectivity index (χ2v) is 16.6. The monoisotopic (exact) mass is 804 g/mol. The van der Waals surface area contributed by atoms with E-state index < -0.39 is 43.3 Å². The molecule has 10 nitrogen and oxygen atoms in total. The van der Waals surface area contributed by atoms with Crippen LogP contribution in [0.2, 0.25) is 0 Å². The smallest absolute Gasteiger partial charge is 0.407 e. The fourth-order valence-electron chi connectivity index (χ4n) is 7.86. The van der Waals surface area contributed by atoms with Gasteiger partial charge in [-0.15, -0.1) is 0 Å². The van der Waals surface area contributed by atoms with Gasteiger partial charge in [0, 0.05) is 13.1 Å². The molecule has 0 aromatic heterocycles. The van der Waals surface area contributed by atoms with Crippen molar-refractivity contribution in [3.8, 4) is 0 Å². The predicted octanol–water partition coefficient (Wildman–Crippen LogP) is 10.7. The number of hydrogen-bond donors (Lipinski definition) is 5. The number of alkyl carbamates (subject to hydrolysis) is 1. The summed E-state index contributed by atoms with van der Waals surface area (Å²) in [4.78, 5) is 28.4. The molecule has 3 amide bonds. The van der Waals surface area contributed by atoms with Gasteiger partial charge in [-0.2, -0.15) is 0 Å². The van der Waals surface area contributed by atoms with Crippen LogP contribution in [0.3, 0.4) is 0 Å². The second-order valence-electron chi connectivity index (χ2n) is 16.6. The Kier molecular flexibility index (Phi) is 30.7. The molecule has 0 radical (unpaired) electrons. The zero-order valence-electron chi connectivity index (χ0n) is 36.3. The van der Waals surface area contributed by atoms with E-state index in [-0.39, 0.29) is 12.6 Å². The quantitative estimate of drug-likeness (QED) is 0.0430. The Morgan fingerprint density at radius 2 is 1.07 bits per heavy atom. The number of urea groups is 1. The van der Waals surface area contributed by atoms with Crippen LogP contribution in [-0.2, 0) is 16.1 Å². The van der Waals surface area contributed by atoms with E-state index in [1.807, 2.05) is 30.3 Å². The number of rotatable bonds is 35. The fraction of sp³-hybridized carbons (Fsp3) is 0.830. The van der Waals surface area contributed by atoms with Crippen LogP contribution in [0.15, 0.2) is 30.3 Å². The molecule has 1 aliphatic rings. The topological polar surface area (TPSA) is 141 Å². The number of benzene rings is 1. The highest BCUT2D eigenvalue weighted by Crippen LogP contribution is 2.25. The summed E-state index contributed by atoms with van der Waals surface area (Å²) in [6.07, 6.45) is 28.6. The van der Waals surface area contributed by atoms with Crippen LogP contribution in [0.5, 0.6) is 0 Å². The number of aliphatic hydroxyl groups is 3. The summed E-state index contributed by atoms with van der Waals surface area (Å²) in [5.74, 6) is 0. The van der Waals surface area contributed by atoms with E-state index in [4.69, 9.17) is 9.47 Å². The maximum atomic E-state index is 13.8. The van der Waals surface area contributed by atoms with Gasteiger partial charge in [0.25, 0.3) is 0 Å². The average Bonchev–Trinajstić information content (AvgIpc) is 3.22. The summed E-state index contributed by atoms with van der Waals surface area (Å²) in [6.45, 7) is 4.83. The molecule has 0 saturated carbocycles. The van der Waals surface area contributed by atoms with Crippen molar-refractivity contribution < 1.29 is 34.4 Å². The van der Waals surface area contributed by atoms with Crippen LogP contribution in [-0.4, -0.2) is 82.6 Å². The van der Waals surface area contributed by atoms with Crippen molar-refractivity contribution in [2.75, 3.05) is 19.7 Å². The van der Waals surface area contributed by atoms with Crippen LogP contribution in [0.1, 0.15) is 199 Å². The lowest BCUT2D eigenvalue weighted by molar-refractivity contribution is -0.222. The number of hydrogen-bond acceptors (Lipinski definition) is 7. The zero-order valence-corrected chi connectivity index (χ0v) is 36.3. The predicted molar refractivity (Wildman–Crippen MR) is 232 cm³/mol. The van der Waals surface area contributed by atoms with Gasteiger partial charge >= 0.3 is 12.1 Å². The van der Waals surface area contributed by atoms with Gasteiger partial charge in [0.15, 0.2) is 6.23 Å². The van der Waals surface area contributed by atoms with E-state index in [1.54, 1.807) is 0 Å². The SMILES string of the molecule is CCCCCCCCCCCCCCCCCCN(C(=O)NCCCCCCCCCCCCCC)[C@@H]1O[C@H](CO)[C@H](O)[C@H](O)[C@@H]1NC(=O)OCc1ccccc1. The molecule has 330 valence electrons. The standard InChI is InChI=1S/C47H85N3O7/c1-3-5-7-9-11-13-15-17-18-19-20-22-24-26-28-33-37-50(46(54)48-36-32-27-25-23-21-16-14-12-10-8-6-4-2)45-42(44(53)43(52)41(38-51)57-45)49-47(55)56-39-40-34-30-29-31-35-40/h29-31,34-35,41-45,51-53H,3-28,32-33,36-39H2,1-2H3,(H,48,54)(H,49,55)/t41-,42+,43+,44-,45-/m1/s1. The molecule has 1 aromatic rings. The summed E-state index contributed by atoms with van der Waals surface area (Å²) in [6, 6.07) is 7.72. The van der Waals surface area contributed by atoms with Gasteiger partial charge in [-0.05, 0) is 18.4 Å². The molecule has 5 N–H and O–H groups in total. The highest BCUT2D eigenvalue weighted by atomic mass is 16.6. The zero-order chi connectivity index (χ0) is 41.2. The lowest BCUT2D eigenvalue weighted by atomic mass is 9.95. The molecule has 0 unspecified atom stereocenters. The molecule has 0 aliphatic carbocycles. The molecule has 0 bridgehead atoms. The molecule has 2 rings (SSSR count). The molecule has 1 aliphatic heterocycles. The van der Waals surface area contributed by atoms with E-state index in [1.165, 1.54) is 140 Å². The highest BCUT2D eigenvalue weighted by Gasteiger charge is 2.48. The summed E-state index contributed by atoms with van der Waals surface area (Å²) in [7, 11) is 0. The van der Waals surface area contributed by atoms with Crippen molar-refractivity contribution in [3.05, 3.63) is 35.9 Å². The van der Waals surface area contributed by atoms with Crippen LogP contribution in [0.4, 0.5) is 9.59 Å². The third kappa shape index (κ3) is 23.7. The summed E-state index contributed by atoms with van der Waals surface area (Å²) < 4.78 is 11.5. The lowest BCUT2D eigenvalue weighted by Crippen LogP contribution is -2.69. The van der Waals surface area contributed by atoms with E-state index in [0.717, 1.165) is 50.5 Å². The molecule has 5 atom stereocenters. The number of carbonyl (C=O) groups is 2. The molecule has 57 heavy (non-hydrogen) atoms. The van der Waals surface area contributed by atoms with Gasteiger partial charge in [0.1, 0.15) is 31.0 Å². The highest BCUT2D eigenvalue weighted by molar-refractivity contribution is 5.75. The molecule has 1 aromatic carbocycles. The minimum Gasteiger partial charge on any atom is -0.445 e. The number of unbranched alkanes of at least 4 members (excludes halogenated alkanes) is 26. The number of carbonyl (C=O) groups excluding carboxylic acids is 2. The van der Waals surface area contributed by atoms with Crippen LogP contribution < -0.4 is 10.6 Å². The minimum atomic E-state index is -1.50. The Bertz CT molecular complexity index is 1100. The van der Waals surface area contributed by atoms with E-state index in [0.29, 0.717) is 13.1 Å². The minimum absolute atomic E-state index is 0.0191. The van der Waals surface area contributed by atoms with Crippen LogP contribution >= 0.6 is 0 Å². The number of nitrogens with one attached hydrogen (secondary N) is 2. The molecular formula is C47H85N3O7. The number of amides is 3. The first-order valence-corrected chi connectivity index (χ1v) is 23.6. The molecule has 1 saturated heterocycles. The van der Waals surface area contributed by atoms with Crippen molar-refractivity contribution in [2.45, 2.75) is 231 Å². The molecule has 1 heterocycles. The first-order valence-electron chi connectivity index (χ1n) is 23.6. The van der Waals surface area contributed by atoms with E-state index in [9.17, 15) is 24.9 Å². The largest absolute Gasteiger partial charge is 0.445 e. The Morgan fingerprint density at radius 1 is 0.632 bits per heavy atom. The fourth-order valence-corrected chi connectivity index (χ4v) is 7.86. The third-order valence-corrected chi connectivity index (χ3v) is 11.5. The Labute approximate surface area is 347 Å². The summed E-state index contributed by atoms with van der Waals surface area (Å²) >= 11 is 0. The van der Waals surface area contributed by atoms with Crippen molar-refractivity contribution in [2.24, 2.45) is 0 Å². The van der Waals surface area contributed by atoms with Crippen molar-refractivity contribution >= 4 is 12.1 Å². The first-order chi connectivity index (χ1) is 27.9. The molecule has 0 spiro atoms. The Balaban J connectivity index is 1.87. The van der Waals surface area contributed by atoms with Gasteiger partial charge in [-0.25, -0.2) is 9.59 Å². The van der Waals surface area contributed by atoms with Gasteiger partial charge < -0.3 is 35.4 Å². The lowest BCUT2D eigenvalue weighted by Gasteiger charge is -2.46. The molecular weight excluding hydrogens is 719 g/mol. The first kappa shape index (κ1) is 50.7. The van der Waals surface area contributed by atoms with Gasteiger partial charge in [-0.3, -0.25) is 4.90 Å². The Morgan fingerprint density at radius 3 is 1.53 bits per heavy atom. The van der Waals surface area contributed by atoms with Crippen molar-refractivity contribution in [1.82, 2.24) is 15.5 Å². The normalized spacial score (nSPS) is 19.4. The average molecular weight is 804 g/mol. The van der Waals surface area contributed by atoms with Crippen LogP contribution in [0.25, 0.3) is 0 Å². The summed E-state index contributed by atoms with van der Waals surface area (Å²) in [5.41, 5.74) is 0.798. The van der Waals surface area contributed by atoms with Crippen molar-refractivity contribution in [3.63, 3.8) is 0 Å². The number of aliphatic hydroxyl groups excluding tert-OH is 3. The molecule has 1 fully saturated rings. The van der Waals surface area contributed by atoms with E-state index >= 15 is 0 Å². The van der Waals surface area contributed by atoms with Gasteiger partial charge in [-0.1, -0.05) is 211 Å². The van der Waals surface area contributed by atoms with E-state index in [2.05, 4.69) is 24.5 Å². The molecule has 10 heteroatoms. The Hall–Kier alpha value is -2.40. The van der Waals surface area contributed by atoms with Crippen LogP contribution in [0, 0.1) is 0 Å². The maximum Gasteiger partial charge on any atom is 0.407 e.